The highest BCUT2D eigenvalue weighted by atomic mass is 31.2. The SMILES string of the molecule is O=C(O)CCC(C(=O)O)N(P(=O)(O)Cc1ccccc1F)P(=O)(O)Cc1ccccc1F. The average Bonchev–Trinajstić information content (AvgIpc) is 2.67. The third-order valence-electron chi connectivity index (χ3n) is 4.50. The van der Waals surface area contributed by atoms with Gasteiger partial charge in [0.2, 0.25) is 0 Å². The third kappa shape index (κ3) is 6.54. The Bertz CT molecular complexity index is 1030. The number of nitrogens with zero attached hydrogens (tertiary/aromatic N) is 1. The molecular formula is C19H21F2NO8P2. The van der Waals surface area contributed by atoms with Crippen LogP contribution in [0.4, 0.5) is 8.78 Å². The highest BCUT2D eigenvalue weighted by Gasteiger charge is 2.49. The van der Waals surface area contributed by atoms with Crippen LogP contribution in [0, 0.1) is 11.6 Å². The number of halogens is 2. The van der Waals surface area contributed by atoms with Crippen LogP contribution in [0.1, 0.15) is 24.0 Å². The van der Waals surface area contributed by atoms with Crippen LogP contribution in [-0.4, -0.2) is 42.4 Å². The lowest BCUT2D eigenvalue weighted by atomic mass is 10.2. The Morgan fingerprint density at radius 1 is 0.844 bits per heavy atom. The summed E-state index contributed by atoms with van der Waals surface area (Å²) < 4.78 is 54.5. The lowest BCUT2D eigenvalue weighted by molar-refractivity contribution is -0.141. The molecule has 0 bridgehead atoms. The normalized spacial score (nSPS) is 16.2. The smallest absolute Gasteiger partial charge is 0.321 e. The van der Waals surface area contributed by atoms with Crippen molar-refractivity contribution < 1.29 is 47.5 Å². The molecule has 2 aromatic rings. The van der Waals surface area contributed by atoms with Crippen LogP contribution in [0.25, 0.3) is 0 Å². The molecule has 0 spiro atoms. The van der Waals surface area contributed by atoms with Crippen molar-refractivity contribution in [3.05, 3.63) is 71.3 Å². The first-order valence-electron chi connectivity index (χ1n) is 9.20. The zero-order valence-electron chi connectivity index (χ0n) is 16.5. The maximum absolute atomic E-state index is 14.1. The molecule has 0 radical (unpaired) electrons. The Hall–Kier alpha value is -2.42. The second-order valence-electron chi connectivity index (χ2n) is 6.94. The topological polar surface area (TPSA) is 152 Å². The second-order valence-corrected chi connectivity index (χ2v) is 11.4. The van der Waals surface area contributed by atoms with Crippen molar-refractivity contribution in [3.8, 4) is 0 Å². The molecule has 0 heterocycles. The fourth-order valence-corrected chi connectivity index (χ4v) is 8.21. The molecule has 0 saturated carbocycles. The molecule has 4 N–H and O–H groups in total. The summed E-state index contributed by atoms with van der Waals surface area (Å²) in [6, 6.07) is 7.37. The van der Waals surface area contributed by atoms with Crippen molar-refractivity contribution in [2.45, 2.75) is 31.2 Å². The predicted molar refractivity (Wildman–Crippen MR) is 110 cm³/mol. The molecule has 0 aromatic heterocycles. The fourth-order valence-electron chi connectivity index (χ4n) is 3.09. The molecule has 3 atom stereocenters. The first-order valence-corrected chi connectivity index (χ1v) is 12.8. The first kappa shape index (κ1) is 25.8. The van der Waals surface area contributed by atoms with E-state index >= 15 is 0 Å². The van der Waals surface area contributed by atoms with Crippen LogP contribution >= 0.6 is 15.0 Å². The number of hydrogen-bond acceptors (Lipinski definition) is 4. The molecule has 0 fully saturated rings. The third-order valence-corrected chi connectivity index (χ3v) is 9.52. The van der Waals surface area contributed by atoms with Crippen LogP contribution in [0.15, 0.2) is 48.5 Å². The largest absolute Gasteiger partial charge is 0.481 e. The van der Waals surface area contributed by atoms with Gasteiger partial charge in [-0.25, -0.2) is 8.78 Å². The maximum Gasteiger partial charge on any atom is 0.321 e. The zero-order chi connectivity index (χ0) is 24.1. The Morgan fingerprint density at radius 2 is 1.25 bits per heavy atom. The van der Waals surface area contributed by atoms with Crippen LogP contribution in [-0.2, 0) is 31.0 Å². The molecule has 0 aliphatic carbocycles. The quantitative estimate of drug-likeness (QED) is 0.345. The van der Waals surface area contributed by atoms with Crippen molar-refractivity contribution in [3.63, 3.8) is 0 Å². The summed E-state index contributed by atoms with van der Waals surface area (Å²) in [5.41, 5.74) is -0.645. The van der Waals surface area contributed by atoms with E-state index < -0.39 is 69.8 Å². The first-order chi connectivity index (χ1) is 14.8. The number of carbonyl (C=O) groups is 2. The molecule has 0 aliphatic rings. The lowest BCUT2D eigenvalue weighted by Gasteiger charge is -2.35. The van der Waals surface area contributed by atoms with Crippen LogP contribution in [0.3, 0.4) is 0 Å². The van der Waals surface area contributed by atoms with E-state index in [4.69, 9.17) is 5.11 Å². The van der Waals surface area contributed by atoms with Crippen LogP contribution in [0.5, 0.6) is 0 Å². The zero-order valence-corrected chi connectivity index (χ0v) is 18.3. The van der Waals surface area contributed by atoms with Crippen molar-refractivity contribution in [2.24, 2.45) is 0 Å². The molecular weight excluding hydrogens is 470 g/mol. The van der Waals surface area contributed by atoms with E-state index in [-0.39, 0.29) is 15.6 Å². The predicted octanol–water partition coefficient (Wildman–Crippen LogP) is 3.66. The minimum absolute atomic E-state index is 0.0653. The molecule has 3 unspecified atom stereocenters. The van der Waals surface area contributed by atoms with E-state index in [1.165, 1.54) is 24.3 Å². The van der Waals surface area contributed by atoms with E-state index in [1.54, 1.807) is 0 Å². The van der Waals surface area contributed by atoms with E-state index in [1.807, 2.05) is 0 Å². The summed E-state index contributed by atoms with van der Waals surface area (Å²) in [6.07, 6.45) is -3.65. The Morgan fingerprint density at radius 3 is 1.59 bits per heavy atom. The summed E-state index contributed by atoms with van der Waals surface area (Å²) in [5, 5.41) is 18.5. The minimum atomic E-state index is -5.11. The molecule has 2 rings (SSSR count). The van der Waals surface area contributed by atoms with Gasteiger partial charge in [-0.1, -0.05) is 36.4 Å². The Kier molecular flexibility index (Phi) is 8.45. The molecule has 32 heavy (non-hydrogen) atoms. The van der Waals surface area contributed by atoms with Crippen LogP contribution in [0.2, 0.25) is 0 Å². The van der Waals surface area contributed by atoms with Gasteiger partial charge < -0.3 is 20.0 Å². The van der Waals surface area contributed by atoms with E-state index in [0.29, 0.717) is 0 Å². The lowest BCUT2D eigenvalue weighted by Crippen LogP contribution is -2.38. The summed E-state index contributed by atoms with van der Waals surface area (Å²) >= 11 is 0. The van der Waals surface area contributed by atoms with E-state index in [0.717, 1.165) is 24.3 Å². The maximum atomic E-state index is 14.1. The van der Waals surface area contributed by atoms with Gasteiger partial charge in [0.05, 0.1) is 12.3 Å². The molecule has 0 aliphatic heterocycles. The highest BCUT2D eigenvalue weighted by Crippen LogP contribution is 2.67. The second kappa shape index (κ2) is 10.5. The standard InChI is InChI=1S/C19H21F2NO8P2/c20-15-7-3-1-5-13(15)11-31(27,28)22(17(19(25)26)9-10-18(23)24)32(29,30)12-14-6-2-4-8-16(14)21/h1-8,17H,9-12H2,(H,23,24)(H,25,26)(H,27,28)(H,29,30). The van der Waals surface area contributed by atoms with E-state index in [2.05, 4.69) is 0 Å². The van der Waals surface area contributed by atoms with Gasteiger partial charge in [0, 0.05) is 6.42 Å². The summed E-state index contributed by atoms with van der Waals surface area (Å²) in [7, 11) is -10.2. The molecule has 9 nitrogen and oxygen atoms in total. The Labute approximate surface area is 181 Å². The average molecular weight is 491 g/mol. The molecule has 0 saturated heterocycles. The molecule has 2 aromatic carbocycles. The number of aliphatic carboxylic acids is 2. The van der Waals surface area contributed by atoms with Gasteiger partial charge in [0.25, 0.3) is 15.0 Å². The number of rotatable bonds is 11. The summed E-state index contributed by atoms with van der Waals surface area (Å²) in [6.45, 7) is 0. The summed E-state index contributed by atoms with van der Waals surface area (Å²) in [4.78, 5) is 44.2. The molecule has 174 valence electrons. The number of carboxylic acid groups (broad SMARTS) is 2. The fraction of sp³-hybridized carbons (Fsp3) is 0.263. The monoisotopic (exact) mass is 491 g/mol. The van der Waals surface area contributed by atoms with Gasteiger partial charge in [0.1, 0.15) is 17.7 Å². The Balaban J connectivity index is 2.56. The molecule has 0 amide bonds. The highest BCUT2D eigenvalue weighted by molar-refractivity contribution is 7.70. The van der Waals surface area contributed by atoms with Gasteiger partial charge in [-0.3, -0.25) is 18.7 Å². The molecule has 13 heteroatoms. The number of benzene rings is 2. The number of hydrogen-bond donors (Lipinski definition) is 4. The van der Waals surface area contributed by atoms with Crippen molar-refractivity contribution in [2.75, 3.05) is 0 Å². The van der Waals surface area contributed by atoms with E-state index in [9.17, 15) is 42.4 Å². The van der Waals surface area contributed by atoms with Crippen molar-refractivity contribution >= 4 is 27.0 Å². The minimum Gasteiger partial charge on any atom is -0.481 e. The van der Waals surface area contributed by atoms with Crippen molar-refractivity contribution in [1.82, 2.24) is 4.44 Å². The van der Waals surface area contributed by atoms with Gasteiger partial charge in [-0.05, 0) is 29.7 Å². The summed E-state index contributed by atoms with van der Waals surface area (Å²) in [5.74, 6) is -5.08. The van der Waals surface area contributed by atoms with Gasteiger partial charge >= 0.3 is 11.9 Å². The number of carboxylic acids is 2. The van der Waals surface area contributed by atoms with Gasteiger partial charge in [-0.2, -0.15) is 0 Å². The van der Waals surface area contributed by atoms with Crippen LogP contribution < -0.4 is 0 Å². The van der Waals surface area contributed by atoms with Gasteiger partial charge in [-0.15, -0.1) is 4.44 Å². The van der Waals surface area contributed by atoms with Gasteiger partial charge in [0.15, 0.2) is 0 Å². The van der Waals surface area contributed by atoms with Crippen molar-refractivity contribution in [1.29, 1.82) is 0 Å².